The number of unbranched alkanes of at least 4 members (excludes halogenated alkanes) is 2. The summed E-state index contributed by atoms with van der Waals surface area (Å²) in [5, 5.41) is 0. The minimum absolute atomic E-state index is 0.0342. The molecular formula is C24H31O5P. The highest BCUT2D eigenvalue weighted by atomic mass is 31.2. The van der Waals surface area contributed by atoms with E-state index in [1.165, 1.54) is 14.2 Å². The summed E-state index contributed by atoms with van der Waals surface area (Å²) in [6, 6.07) is 8.67. The normalized spacial score (nSPS) is 12.9. The van der Waals surface area contributed by atoms with Crippen molar-refractivity contribution < 1.29 is 23.6 Å². The number of ether oxygens (including phenoxy) is 2. The van der Waals surface area contributed by atoms with Gasteiger partial charge in [-0.05, 0) is 50.5 Å². The smallest absolute Gasteiger partial charge is 0.236 e. The summed E-state index contributed by atoms with van der Waals surface area (Å²) in [6.45, 7) is 7.60. The van der Waals surface area contributed by atoms with Crippen molar-refractivity contribution in [2.75, 3.05) is 20.4 Å². The van der Waals surface area contributed by atoms with Gasteiger partial charge < -0.3 is 14.0 Å². The van der Waals surface area contributed by atoms with Crippen LogP contribution in [0.25, 0.3) is 0 Å². The lowest BCUT2D eigenvalue weighted by atomic mass is 10.0. The van der Waals surface area contributed by atoms with E-state index in [-0.39, 0.29) is 23.2 Å². The molecule has 0 aromatic heterocycles. The third kappa shape index (κ3) is 4.67. The summed E-state index contributed by atoms with van der Waals surface area (Å²) < 4.78 is 24.9. The topological polar surface area (TPSA) is 69.7 Å². The van der Waals surface area contributed by atoms with Crippen LogP contribution < -0.4 is 9.47 Å². The molecular weight excluding hydrogens is 399 g/mol. The first-order valence-electron chi connectivity index (χ1n) is 10.2. The second-order valence-corrected chi connectivity index (χ2v) is 10.3. The minimum atomic E-state index is -3.96. The Balaban J connectivity index is 2.68. The van der Waals surface area contributed by atoms with Crippen molar-refractivity contribution in [2.45, 2.75) is 47.0 Å². The highest BCUT2D eigenvalue weighted by molar-refractivity contribution is 7.95. The van der Waals surface area contributed by atoms with Crippen molar-refractivity contribution in [3.8, 4) is 11.5 Å². The maximum Gasteiger partial charge on any atom is 0.236 e. The summed E-state index contributed by atoms with van der Waals surface area (Å²) in [7, 11) is -1.09. The van der Waals surface area contributed by atoms with E-state index < -0.39 is 18.2 Å². The number of hydrogen-bond acceptors (Lipinski definition) is 5. The van der Waals surface area contributed by atoms with Crippen molar-refractivity contribution in [1.82, 2.24) is 0 Å². The van der Waals surface area contributed by atoms with Gasteiger partial charge in [0.1, 0.15) is 17.1 Å². The number of rotatable bonds is 10. The Labute approximate surface area is 179 Å². The maximum atomic E-state index is 14.2. The van der Waals surface area contributed by atoms with Crippen LogP contribution in [0.2, 0.25) is 0 Å². The highest BCUT2D eigenvalue weighted by Crippen LogP contribution is 2.55. The highest BCUT2D eigenvalue weighted by Gasteiger charge is 2.43. The molecule has 0 saturated carbocycles. The second kappa shape index (κ2) is 10.1. The quantitative estimate of drug-likeness (QED) is 0.333. The van der Waals surface area contributed by atoms with Crippen LogP contribution >= 0.6 is 7.14 Å². The second-order valence-electron chi connectivity index (χ2n) is 7.59. The molecule has 0 aliphatic rings. The summed E-state index contributed by atoms with van der Waals surface area (Å²) >= 11 is 0. The fraction of sp³-hybridized carbons (Fsp3) is 0.417. The predicted octanol–water partition coefficient (Wildman–Crippen LogP) is 6.16. The van der Waals surface area contributed by atoms with Crippen molar-refractivity contribution in [3.05, 3.63) is 58.1 Å². The lowest BCUT2D eigenvalue weighted by Crippen LogP contribution is -2.17. The number of carbonyl (C=O) groups is 2. The molecule has 0 aliphatic heterocycles. The molecule has 0 N–H and O–H groups in total. The molecule has 0 heterocycles. The van der Waals surface area contributed by atoms with Crippen LogP contribution in [-0.4, -0.2) is 31.4 Å². The van der Waals surface area contributed by atoms with Gasteiger partial charge in [-0.25, -0.2) is 0 Å². The fourth-order valence-electron chi connectivity index (χ4n) is 3.82. The molecule has 0 bridgehead atoms. The van der Waals surface area contributed by atoms with Crippen molar-refractivity contribution in [2.24, 2.45) is 0 Å². The zero-order valence-electron chi connectivity index (χ0n) is 18.7. The Morgan fingerprint density at radius 2 is 1.37 bits per heavy atom. The van der Waals surface area contributed by atoms with E-state index in [4.69, 9.17) is 9.47 Å². The molecule has 0 radical (unpaired) electrons. The third-order valence-corrected chi connectivity index (χ3v) is 7.97. The minimum Gasteiger partial charge on any atom is -0.496 e. The van der Waals surface area contributed by atoms with Gasteiger partial charge >= 0.3 is 0 Å². The molecule has 1 unspecified atom stereocenters. The fourth-order valence-corrected chi connectivity index (χ4v) is 6.38. The van der Waals surface area contributed by atoms with Gasteiger partial charge in [-0.1, -0.05) is 43.5 Å². The van der Waals surface area contributed by atoms with Gasteiger partial charge in [-0.2, -0.15) is 0 Å². The molecule has 5 nitrogen and oxygen atoms in total. The molecule has 0 saturated heterocycles. The summed E-state index contributed by atoms with van der Waals surface area (Å²) in [4.78, 5) is 27.3. The number of hydrogen-bond donors (Lipinski definition) is 0. The lowest BCUT2D eigenvalue weighted by Gasteiger charge is -2.21. The summed E-state index contributed by atoms with van der Waals surface area (Å²) in [5.41, 5.74) is 1.64. The van der Waals surface area contributed by atoms with Crippen molar-refractivity contribution in [3.63, 3.8) is 0 Å². The number of carbonyl (C=O) groups excluding carboxylic acids is 2. The molecule has 0 amide bonds. The Morgan fingerprint density at radius 1 is 0.867 bits per heavy atom. The monoisotopic (exact) mass is 430 g/mol. The van der Waals surface area contributed by atoms with Gasteiger partial charge in [0, 0.05) is 11.7 Å². The molecule has 2 aromatic rings. The SMILES string of the molecule is CCCCCP(=O)(C(=O)c1c(C)cc(C)cc1C)C(=O)c1c(OC)cccc1OC. The molecule has 1 atom stereocenters. The van der Waals surface area contributed by atoms with Crippen molar-refractivity contribution in [1.29, 1.82) is 0 Å². The molecule has 2 aromatic carbocycles. The zero-order valence-corrected chi connectivity index (χ0v) is 19.6. The van der Waals surface area contributed by atoms with Crippen LogP contribution in [0.15, 0.2) is 30.3 Å². The van der Waals surface area contributed by atoms with Gasteiger partial charge in [0.05, 0.1) is 14.2 Å². The first kappa shape index (κ1) is 23.9. The Hall–Kier alpha value is -2.39. The van der Waals surface area contributed by atoms with Gasteiger partial charge in [0.2, 0.25) is 18.2 Å². The Kier molecular flexibility index (Phi) is 8.03. The standard InChI is InChI=1S/C24H31O5P/c1-7-8-9-13-30(27,23(25)21-17(3)14-16(2)15-18(21)4)24(26)22-19(28-5)11-10-12-20(22)29-6/h10-12,14-15H,7-9,13H2,1-6H3. The van der Waals surface area contributed by atoms with E-state index in [0.29, 0.717) is 12.0 Å². The van der Waals surface area contributed by atoms with E-state index in [2.05, 4.69) is 0 Å². The molecule has 0 aliphatic carbocycles. The van der Waals surface area contributed by atoms with E-state index in [1.54, 1.807) is 18.2 Å². The number of benzene rings is 2. The predicted molar refractivity (Wildman–Crippen MR) is 121 cm³/mol. The Morgan fingerprint density at radius 3 is 1.83 bits per heavy atom. The van der Waals surface area contributed by atoms with Crippen LogP contribution in [0.5, 0.6) is 11.5 Å². The average Bonchev–Trinajstić information content (AvgIpc) is 2.71. The van der Waals surface area contributed by atoms with Crippen LogP contribution in [0, 0.1) is 20.8 Å². The number of methoxy groups -OCH3 is 2. The molecule has 0 fully saturated rings. The average molecular weight is 430 g/mol. The van der Waals surface area contributed by atoms with Gasteiger partial charge in [0.25, 0.3) is 0 Å². The molecule has 162 valence electrons. The number of aryl methyl sites for hydroxylation is 3. The van der Waals surface area contributed by atoms with Crippen LogP contribution in [0.3, 0.4) is 0 Å². The van der Waals surface area contributed by atoms with E-state index in [1.807, 2.05) is 39.8 Å². The zero-order chi connectivity index (χ0) is 22.5. The van der Waals surface area contributed by atoms with Crippen LogP contribution in [-0.2, 0) is 4.57 Å². The van der Waals surface area contributed by atoms with Gasteiger partial charge in [-0.3, -0.25) is 9.59 Å². The van der Waals surface area contributed by atoms with E-state index in [9.17, 15) is 14.2 Å². The third-order valence-electron chi connectivity index (χ3n) is 5.27. The Bertz CT molecular complexity index is 948. The molecule has 30 heavy (non-hydrogen) atoms. The maximum absolute atomic E-state index is 14.2. The van der Waals surface area contributed by atoms with Gasteiger partial charge in [0.15, 0.2) is 0 Å². The summed E-state index contributed by atoms with van der Waals surface area (Å²) in [6.07, 6.45) is 2.25. The molecule has 6 heteroatoms. The first-order valence-corrected chi connectivity index (χ1v) is 12.1. The van der Waals surface area contributed by atoms with E-state index >= 15 is 0 Å². The van der Waals surface area contributed by atoms with Crippen LogP contribution in [0.1, 0.15) is 63.6 Å². The molecule has 2 rings (SSSR count). The lowest BCUT2D eigenvalue weighted by molar-refractivity contribution is 0.103. The summed E-state index contributed by atoms with van der Waals surface area (Å²) in [5.74, 6) is 0.500. The van der Waals surface area contributed by atoms with Gasteiger partial charge in [-0.15, -0.1) is 0 Å². The largest absolute Gasteiger partial charge is 0.496 e. The first-order chi connectivity index (χ1) is 14.2. The van der Waals surface area contributed by atoms with E-state index in [0.717, 1.165) is 29.5 Å². The van der Waals surface area contributed by atoms with Crippen molar-refractivity contribution >= 4 is 18.2 Å². The molecule has 0 spiro atoms. The van der Waals surface area contributed by atoms with Crippen LogP contribution in [0.4, 0.5) is 0 Å².